The van der Waals surface area contributed by atoms with Gasteiger partial charge in [0.1, 0.15) is 6.10 Å². The van der Waals surface area contributed by atoms with Crippen LogP contribution in [0.3, 0.4) is 0 Å². The van der Waals surface area contributed by atoms with Crippen molar-refractivity contribution in [2.24, 2.45) is 23.7 Å². The predicted octanol–water partition coefficient (Wildman–Crippen LogP) is 1.93. The second kappa shape index (κ2) is 6.17. The molecule has 3 aliphatic rings. The standard InChI is InChI=1S/C19H21NO5/c1-2-10-5-3-4-6-13(10)20-15(21)9-24-18(22)16-11-7-12-14(8-11)25-19(23)17(12)16/h3-6,11-12,14,16-17H,2,7-9H2,1H3,(H,20,21)/t11-,12+,14-,16-,17-/m1/s1. The molecule has 6 nitrogen and oxygen atoms in total. The zero-order valence-electron chi connectivity index (χ0n) is 14.1. The van der Waals surface area contributed by atoms with E-state index in [9.17, 15) is 14.4 Å². The van der Waals surface area contributed by atoms with Gasteiger partial charge in [-0.15, -0.1) is 0 Å². The molecule has 3 fully saturated rings. The molecule has 1 aliphatic heterocycles. The van der Waals surface area contributed by atoms with Crippen molar-refractivity contribution >= 4 is 23.5 Å². The van der Waals surface area contributed by atoms with Crippen molar-refractivity contribution < 1.29 is 23.9 Å². The first-order valence-corrected chi connectivity index (χ1v) is 8.83. The zero-order chi connectivity index (χ0) is 17.6. The zero-order valence-corrected chi connectivity index (χ0v) is 14.1. The van der Waals surface area contributed by atoms with Crippen molar-refractivity contribution in [3.8, 4) is 0 Å². The van der Waals surface area contributed by atoms with E-state index < -0.39 is 11.9 Å². The van der Waals surface area contributed by atoms with E-state index >= 15 is 0 Å². The highest BCUT2D eigenvalue weighted by Crippen LogP contribution is 2.57. The molecule has 0 aromatic heterocycles. The molecule has 1 N–H and O–H groups in total. The van der Waals surface area contributed by atoms with E-state index in [2.05, 4.69) is 5.32 Å². The number of benzene rings is 1. The third-order valence-corrected chi connectivity index (χ3v) is 5.77. The molecule has 4 rings (SSSR count). The summed E-state index contributed by atoms with van der Waals surface area (Å²) in [7, 11) is 0. The van der Waals surface area contributed by atoms with Gasteiger partial charge < -0.3 is 14.8 Å². The third-order valence-electron chi connectivity index (χ3n) is 5.77. The fourth-order valence-electron chi connectivity index (χ4n) is 4.69. The number of rotatable bonds is 5. The molecular formula is C19H21NO5. The molecule has 5 atom stereocenters. The number of carbonyl (C=O) groups is 3. The van der Waals surface area contributed by atoms with Gasteiger partial charge in [-0.1, -0.05) is 25.1 Å². The Morgan fingerprint density at radius 2 is 2.08 bits per heavy atom. The second-order valence-electron chi connectivity index (χ2n) is 7.09. The summed E-state index contributed by atoms with van der Waals surface area (Å²) in [5.41, 5.74) is 1.75. The van der Waals surface area contributed by atoms with Crippen LogP contribution in [-0.2, 0) is 30.3 Å². The smallest absolute Gasteiger partial charge is 0.310 e. The van der Waals surface area contributed by atoms with Crippen LogP contribution >= 0.6 is 0 Å². The predicted molar refractivity (Wildman–Crippen MR) is 88.5 cm³/mol. The lowest BCUT2D eigenvalue weighted by Crippen LogP contribution is -2.35. The number of esters is 2. The van der Waals surface area contributed by atoms with Crippen LogP contribution in [0.1, 0.15) is 25.3 Å². The first-order chi connectivity index (χ1) is 12.1. The van der Waals surface area contributed by atoms with Crippen molar-refractivity contribution in [2.45, 2.75) is 32.3 Å². The Morgan fingerprint density at radius 1 is 1.28 bits per heavy atom. The Balaban J connectivity index is 1.35. The van der Waals surface area contributed by atoms with Gasteiger partial charge in [-0.25, -0.2) is 0 Å². The lowest BCUT2D eigenvalue weighted by atomic mass is 9.80. The van der Waals surface area contributed by atoms with Crippen LogP contribution < -0.4 is 5.32 Å². The summed E-state index contributed by atoms with van der Waals surface area (Å²) in [5, 5.41) is 2.78. The number of aryl methyl sites for hydroxylation is 1. The number of anilines is 1. The van der Waals surface area contributed by atoms with Crippen molar-refractivity contribution in [1.82, 2.24) is 0 Å². The van der Waals surface area contributed by atoms with Gasteiger partial charge in [0.25, 0.3) is 5.91 Å². The van der Waals surface area contributed by atoms with Gasteiger partial charge in [0.15, 0.2) is 6.61 Å². The topological polar surface area (TPSA) is 81.7 Å². The number of para-hydroxylation sites is 1. The number of hydrogen-bond acceptors (Lipinski definition) is 5. The first-order valence-electron chi connectivity index (χ1n) is 8.83. The summed E-state index contributed by atoms with van der Waals surface area (Å²) >= 11 is 0. The number of amides is 1. The molecule has 1 heterocycles. The Morgan fingerprint density at radius 3 is 2.88 bits per heavy atom. The summed E-state index contributed by atoms with van der Waals surface area (Å²) in [6, 6.07) is 7.53. The molecule has 0 unspecified atom stereocenters. The van der Waals surface area contributed by atoms with Crippen LogP contribution in [0.4, 0.5) is 5.69 Å². The van der Waals surface area contributed by atoms with Crippen LogP contribution in [0.5, 0.6) is 0 Å². The minimum Gasteiger partial charge on any atom is -0.462 e. The second-order valence-corrected chi connectivity index (χ2v) is 7.09. The van der Waals surface area contributed by atoms with Gasteiger partial charge in [0, 0.05) is 11.6 Å². The minimum atomic E-state index is -0.452. The van der Waals surface area contributed by atoms with Gasteiger partial charge in [-0.3, -0.25) is 14.4 Å². The highest BCUT2D eigenvalue weighted by molar-refractivity contribution is 5.94. The largest absolute Gasteiger partial charge is 0.462 e. The van der Waals surface area contributed by atoms with E-state index in [1.165, 1.54) is 0 Å². The Kier molecular flexibility index (Phi) is 3.98. The molecule has 1 saturated heterocycles. The molecule has 0 radical (unpaired) electrons. The summed E-state index contributed by atoms with van der Waals surface area (Å²) in [4.78, 5) is 36.5. The average Bonchev–Trinajstić information content (AvgIpc) is 3.22. The average molecular weight is 343 g/mol. The maximum atomic E-state index is 12.4. The maximum absolute atomic E-state index is 12.4. The molecule has 0 spiro atoms. The van der Waals surface area contributed by atoms with E-state index in [0.29, 0.717) is 0 Å². The third kappa shape index (κ3) is 2.69. The Bertz CT molecular complexity index is 728. The van der Waals surface area contributed by atoms with Gasteiger partial charge in [-0.2, -0.15) is 0 Å². The number of carbonyl (C=O) groups excluding carboxylic acids is 3. The van der Waals surface area contributed by atoms with Gasteiger partial charge >= 0.3 is 11.9 Å². The molecule has 132 valence electrons. The molecule has 25 heavy (non-hydrogen) atoms. The number of nitrogens with one attached hydrogen (secondary N) is 1. The van der Waals surface area contributed by atoms with E-state index in [1.807, 2.05) is 31.2 Å². The van der Waals surface area contributed by atoms with Crippen LogP contribution in [0, 0.1) is 23.7 Å². The number of fused-ring (bicyclic) bond motifs is 1. The summed E-state index contributed by atoms with van der Waals surface area (Å²) in [6.07, 6.45) is 2.37. The molecule has 2 aliphatic carbocycles. The Hall–Kier alpha value is -2.37. The van der Waals surface area contributed by atoms with Crippen LogP contribution in [-0.4, -0.2) is 30.6 Å². The van der Waals surface area contributed by atoms with Crippen molar-refractivity contribution in [3.05, 3.63) is 29.8 Å². The fourth-order valence-corrected chi connectivity index (χ4v) is 4.69. The van der Waals surface area contributed by atoms with E-state index in [-0.39, 0.29) is 42.3 Å². The molecule has 2 bridgehead atoms. The quantitative estimate of drug-likeness (QED) is 0.826. The first kappa shape index (κ1) is 16.1. The lowest BCUT2D eigenvalue weighted by molar-refractivity contribution is -0.157. The van der Waals surface area contributed by atoms with E-state index in [1.54, 1.807) is 0 Å². The number of hydrogen-bond donors (Lipinski definition) is 1. The molecule has 1 aromatic carbocycles. The monoisotopic (exact) mass is 343 g/mol. The van der Waals surface area contributed by atoms with E-state index in [4.69, 9.17) is 9.47 Å². The highest BCUT2D eigenvalue weighted by atomic mass is 16.6. The van der Waals surface area contributed by atoms with E-state index in [0.717, 1.165) is 30.5 Å². The van der Waals surface area contributed by atoms with Gasteiger partial charge in [0.05, 0.1) is 11.8 Å². The summed E-state index contributed by atoms with van der Waals surface area (Å²) < 4.78 is 10.5. The minimum absolute atomic E-state index is 0.0135. The van der Waals surface area contributed by atoms with Gasteiger partial charge in [0.2, 0.25) is 0 Å². The van der Waals surface area contributed by atoms with Crippen molar-refractivity contribution in [1.29, 1.82) is 0 Å². The van der Waals surface area contributed by atoms with Crippen LogP contribution in [0.25, 0.3) is 0 Å². The lowest BCUT2D eigenvalue weighted by Gasteiger charge is -2.22. The molecule has 2 saturated carbocycles. The highest BCUT2D eigenvalue weighted by Gasteiger charge is 2.64. The summed E-state index contributed by atoms with van der Waals surface area (Å²) in [6.45, 7) is 1.67. The molecule has 6 heteroatoms. The molecular weight excluding hydrogens is 322 g/mol. The maximum Gasteiger partial charge on any atom is 0.310 e. The van der Waals surface area contributed by atoms with Gasteiger partial charge in [-0.05, 0) is 36.8 Å². The summed E-state index contributed by atoms with van der Waals surface area (Å²) in [5.74, 6) is -1.63. The number of ether oxygens (including phenoxy) is 2. The molecule has 1 aromatic rings. The SMILES string of the molecule is CCc1ccccc1NC(=O)COC(=O)[C@@H]1[C@@H]2C[C@@H]3[C@H]1C(=O)O[C@@H]3C2. The van der Waals surface area contributed by atoms with Crippen molar-refractivity contribution in [2.75, 3.05) is 11.9 Å². The fraction of sp³-hybridized carbons (Fsp3) is 0.526. The van der Waals surface area contributed by atoms with Crippen LogP contribution in [0.2, 0.25) is 0 Å². The Labute approximate surface area is 145 Å². The normalized spacial score (nSPS) is 31.7. The van der Waals surface area contributed by atoms with Crippen molar-refractivity contribution in [3.63, 3.8) is 0 Å². The van der Waals surface area contributed by atoms with Crippen LogP contribution in [0.15, 0.2) is 24.3 Å². The molecule has 1 amide bonds.